The van der Waals surface area contributed by atoms with Crippen LogP contribution in [-0.4, -0.2) is 12.0 Å². The van der Waals surface area contributed by atoms with E-state index in [1.807, 2.05) is 43.4 Å². The number of hydrogen-bond acceptors (Lipinski definition) is 3. The molecule has 0 saturated heterocycles. The number of ether oxygens (including phenoxy) is 1. The van der Waals surface area contributed by atoms with Crippen LogP contribution in [0.2, 0.25) is 0 Å². The number of nitrogens with one attached hydrogen (secondary N) is 1. The van der Waals surface area contributed by atoms with E-state index in [-0.39, 0.29) is 0 Å². The molecule has 0 atom stereocenters. The molecule has 2 aromatic rings. The quantitative estimate of drug-likeness (QED) is 0.868. The van der Waals surface area contributed by atoms with Gasteiger partial charge in [-0.1, -0.05) is 6.07 Å². The van der Waals surface area contributed by atoms with Crippen LogP contribution in [0.5, 0.6) is 5.75 Å². The maximum Gasteiger partial charge on any atom is 0.126 e. The van der Waals surface area contributed by atoms with E-state index in [1.165, 1.54) is 3.57 Å². The van der Waals surface area contributed by atoms with Crippen molar-refractivity contribution in [3.63, 3.8) is 0 Å². The van der Waals surface area contributed by atoms with Gasteiger partial charge in [0.15, 0.2) is 0 Å². The van der Waals surface area contributed by atoms with E-state index in [0.717, 1.165) is 17.1 Å². The molecule has 0 fully saturated rings. The zero-order valence-corrected chi connectivity index (χ0v) is 11.6. The number of pyridine rings is 1. The summed E-state index contributed by atoms with van der Waals surface area (Å²) in [5, 5.41) is 3.01. The van der Waals surface area contributed by atoms with Gasteiger partial charge in [0, 0.05) is 16.8 Å². The number of halogens is 1. The van der Waals surface area contributed by atoms with Gasteiger partial charge in [-0.15, -0.1) is 0 Å². The second-order valence-electron chi connectivity index (χ2n) is 3.55. The van der Waals surface area contributed by atoms with Crippen molar-refractivity contribution in [2.24, 2.45) is 0 Å². The average Bonchev–Trinajstić information content (AvgIpc) is 2.37. The van der Waals surface area contributed by atoms with Gasteiger partial charge in [0.2, 0.25) is 0 Å². The monoisotopic (exact) mass is 340 g/mol. The third kappa shape index (κ3) is 3.59. The van der Waals surface area contributed by atoms with Crippen LogP contribution in [0.25, 0.3) is 0 Å². The van der Waals surface area contributed by atoms with Gasteiger partial charge >= 0.3 is 0 Å². The van der Waals surface area contributed by atoms with Crippen LogP contribution in [0.4, 0.5) is 5.82 Å². The van der Waals surface area contributed by atoms with Crippen molar-refractivity contribution in [1.82, 2.24) is 4.98 Å². The summed E-state index contributed by atoms with van der Waals surface area (Å²) in [6.07, 6.45) is 1.78. The molecular formula is C13H13IN2O. The summed E-state index contributed by atoms with van der Waals surface area (Å²) in [6.45, 7) is 0.553. The molecule has 0 radical (unpaired) electrons. The highest BCUT2D eigenvalue weighted by Gasteiger charge is 1.98. The van der Waals surface area contributed by atoms with Crippen molar-refractivity contribution in [3.8, 4) is 5.75 Å². The fraction of sp³-hybridized carbons (Fsp3) is 0.154. The van der Waals surface area contributed by atoms with E-state index in [9.17, 15) is 0 Å². The van der Waals surface area contributed by atoms with E-state index in [1.54, 1.807) is 6.20 Å². The summed E-state index contributed by atoms with van der Waals surface area (Å²) in [7, 11) is 1.85. The normalized spacial score (nSPS) is 10.0. The third-order valence-electron chi connectivity index (χ3n) is 2.28. The first kappa shape index (κ1) is 12.2. The maximum absolute atomic E-state index is 5.71. The largest absolute Gasteiger partial charge is 0.489 e. The molecule has 1 heterocycles. The first-order valence-corrected chi connectivity index (χ1v) is 6.37. The Morgan fingerprint density at radius 1 is 1.29 bits per heavy atom. The van der Waals surface area contributed by atoms with Crippen LogP contribution < -0.4 is 10.1 Å². The van der Waals surface area contributed by atoms with Crippen LogP contribution in [0.1, 0.15) is 5.56 Å². The maximum atomic E-state index is 5.71. The van der Waals surface area contributed by atoms with Crippen molar-refractivity contribution in [2.45, 2.75) is 6.61 Å². The van der Waals surface area contributed by atoms with Crippen molar-refractivity contribution < 1.29 is 4.74 Å². The second-order valence-corrected chi connectivity index (χ2v) is 4.79. The Kier molecular flexibility index (Phi) is 4.19. The molecule has 1 aromatic heterocycles. The molecule has 2 rings (SSSR count). The number of aromatic nitrogens is 1. The summed E-state index contributed by atoms with van der Waals surface area (Å²) < 4.78 is 6.88. The molecule has 0 aliphatic heterocycles. The number of anilines is 1. The van der Waals surface area contributed by atoms with E-state index >= 15 is 0 Å². The zero-order chi connectivity index (χ0) is 12.1. The van der Waals surface area contributed by atoms with Gasteiger partial charge in [-0.2, -0.15) is 0 Å². The Morgan fingerprint density at radius 2 is 2.18 bits per heavy atom. The predicted octanol–water partition coefficient (Wildman–Crippen LogP) is 3.31. The van der Waals surface area contributed by atoms with Crippen LogP contribution in [-0.2, 0) is 6.61 Å². The van der Waals surface area contributed by atoms with Crippen LogP contribution in [0.3, 0.4) is 0 Å². The summed E-state index contributed by atoms with van der Waals surface area (Å²) >= 11 is 2.27. The molecule has 0 amide bonds. The first-order valence-electron chi connectivity index (χ1n) is 5.29. The lowest BCUT2D eigenvalue weighted by molar-refractivity contribution is 0.306. The molecule has 4 heteroatoms. The number of hydrogen-bond donors (Lipinski definition) is 1. The van der Waals surface area contributed by atoms with Gasteiger partial charge in [-0.25, -0.2) is 4.98 Å². The molecule has 88 valence electrons. The van der Waals surface area contributed by atoms with Gasteiger partial charge < -0.3 is 10.1 Å². The van der Waals surface area contributed by atoms with Crippen molar-refractivity contribution in [2.75, 3.05) is 12.4 Å². The standard InChI is InChI=1S/C13H13IN2O/c1-15-13-7-10(5-6-16-13)9-17-12-4-2-3-11(14)8-12/h2-8H,9H2,1H3,(H,15,16). The minimum atomic E-state index is 0.553. The molecular weight excluding hydrogens is 327 g/mol. The van der Waals surface area contributed by atoms with Crippen LogP contribution >= 0.6 is 22.6 Å². The molecule has 17 heavy (non-hydrogen) atoms. The van der Waals surface area contributed by atoms with Gasteiger partial charge in [0.25, 0.3) is 0 Å². The van der Waals surface area contributed by atoms with Crippen LogP contribution in [0.15, 0.2) is 42.6 Å². The predicted molar refractivity (Wildman–Crippen MR) is 77.3 cm³/mol. The molecule has 0 aliphatic rings. The molecule has 0 spiro atoms. The van der Waals surface area contributed by atoms with Gasteiger partial charge in [0.1, 0.15) is 18.2 Å². The minimum absolute atomic E-state index is 0.553. The lowest BCUT2D eigenvalue weighted by Gasteiger charge is -2.07. The highest BCUT2D eigenvalue weighted by molar-refractivity contribution is 14.1. The summed E-state index contributed by atoms with van der Waals surface area (Å²) in [5.74, 6) is 1.74. The molecule has 1 aromatic carbocycles. The molecule has 0 unspecified atom stereocenters. The first-order chi connectivity index (χ1) is 8.28. The Morgan fingerprint density at radius 3 is 2.94 bits per heavy atom. The van der Waals surface area contributed by atoms with E-state index < -0.39 is 0 Å². The van der Waals surface area contributed by atoms with Crippen LogP contribution in [0, 0.1) is 3.57 Å². The number of benzene rings is 1. The molecule has 0 aliphatic carbocycles. The van der Waals surface area contributed by atoms with Crippen molar-refractivity contribution >= 4 is 28.4 Å². The van der Waals surface area contributed by atoms with Gasteiger partial charge in [-0.3, -0.25) is 0 Å². The third-order valence-corrected chi connectivity index (χ3v) is 2.95. The topological polar surface area (TPSA) is 34.1 Å². The number of nitrogens with zero attached hydrogens (tertiary/aromatic N) is 1. The SMILES string of the molecule is CNc1cc(COc2cccc(I)c2)ccn1. The van der Waals surface area contributed by atoms with E-state index in [0.29, 0.717) is 6.61 Å². The average molecular weight is 340 g/mol. The van der Waals surface area contributed by atoms with E-state index in [2.05, 4.69) is 32.9 Å². The summed E-state index contributed by atoms with van der Waals surface area (Å²) in [5.41, 5.74) is 1.10. The Hall–Kier alpha value is -1.30. The molecule has 1 N–H and O–H groups in total. The van der Waals surface area contributed by atoms with Crippen molar-refractivity contribution in [3.05, 3.63) is 51.7 Å². The Labute approximate surface area is 114 Å². The highest BCUT2D eigenvalue weighted by Crippen LogP contribution is 2.16. The Bertz CT molecular complexity index is 502. The summed E-state index contributed by atoms with van der Waals surface area (Å²) in [4.78, 5) is 4.16. The van der Waals surface area contributed by atoms with Gasteiger partial charge in [-0.05, 0) is 58.5 Å². The fourth-order valence-electron chi connectivity index (χ4n) is 1.42. The molecule has 0 bridgehead atoms. The lowest BCUT2D eigenvalue weighted by atomic mass is 10.3. The number of rotatable bonds is 4. The fourth-order valence-corrected chi connectivity index (χ4v) is 1.94. The highest BCUT2D eigenvalue weighted by atomic mass is 127. The van der Waals surface area contributed by atoms with Gasteiger partial charge in [0.05, 0.1) is 0 Å². The summed E-state index contributed by atoms with van der Waals surface area (Å²) in [6, 6.07) is 11.9. The zero-order valence-electron chi connectivity index (χ0n) is 9.48. The van der Waals surface area contributed by atoms with E-state index in [4.69, 9.17) is 4.74 Å². The smallest absolute Gasteiger partial charge is 0.126 e. The van der Waals surface area contributed by atoms with Crippen molar-refractivity contribution in [1.29, 1.82) is 0 Å². The second kappa shape index (κ2) is 5.86. The lowest BCUT2D eigenvalue weighted by Crippen LogP contribution is -1.98. The minimum Gasteiger partial charge on any atom is -0.489 e. The Balaban J connectivity index is 2.02. The molecule has 3 nitrogen and oxygen atoms in total. The molecule has 0 saturated carbocycles.